The molecule has 27 heavy (non-hydrogen) atoms. The van der Waals surface area contributed by atoms with Gasteiger partial charge in [0.05, 0.1) is 16.0 Å². The van der Waals surface area contributed by atoms with Crippen LogP contribution in [0.1, 0.15) is 15.9 Å². The molecular weight excluding hydrogens is 382 g/mol. The van der Waals surface area contributed by atoms with Crippen LogP contribution in [0.2, 0.25) is 0 Å². The molecule has 1 aliphatic heterocycles. The van der Waals surface area contributed by atoms with Crippen molar-refractivity contribution in [3.63, 3.8) is 0 Å². The van der Waals surface area contributed by atoms with Gasteiger partial charge in [0.15, 0.2) is 0 Å². The Morgan fingerprint density at radius 3 is 2.33 bits per heavy atom. The molecule has 1 heterocycles. The number of benzene rings is 2. The number of carbonyl (C=O) groups is 1. The fourth-order valence-corrected chi connectivity index (χ4v) is 5.20. The van der Waals surface area contributed by atoms with Crippen molar-refractivity contribution in [1.82, 2.24) is 9.21 Å². The van der Waals surface area contributed by atoms with Crippen LogP contribution in [0.3, 0.4) is 0 Å². The van der Waals surface area contributed by atoms with Gasteiger partial charge in [0.25, 0.3) is 5.91 Å². The number of amides is 1. The van der Waals surface area contributed by atoms with E-state index in [-0.39, 0.29) is 29.5 Å². The molecule has 140 valence electrons. The quantitative estimate of drug-likeness (QED) is 0.735. The van der Waals surface area contributed by atoms with E-state index in [0.29, 0.717) is 18.7 Å². The summed E-state index contributed by atoms with van der Waals surface area (Å²) in [5.74, 6) is -0.0885. The Balaban J connectivity index is 1.75. The van der Waals surface area contributed by atoms with Crippen LogP contribution in [0.5, 0.6) is 0 Å². The number of nitriles is 1. The molecular formula is C19H19N3O3S2. The summed E-state index contributed by atoms with van der Waals surface area (Å²) in [6.07, 6.45) is 1.92. The highest BCUT2D eigenvalue weighted by Gasteiger charge is 2.32. The third-order valence-corrected chi connectivity index (χ3v) is 7.24. The molecule has 0 radical (unpaired) electrons. The van der Waals surface area contributed by atoms with E-state index in [4.69, 9.17) is 0 Å². The Morgan fingerprint density at radius 1 is 1.04 bits per heavy atom. The van der Waals surface area contributed by atoms with Crippen LogP contribution in [0, 0.1) is 11.3 Å². The van der Waals surface area contributed by atoms with E-state index in [2.05, 4.69) is 0 Å². The highest BCUT2D eigenvalue weighted by molar-refractivity contribution is 7.98. The first-order chi connectivity index (χ1) is 13.0. The molecule has 0 aromatic heterocycles. The lowest BCUT2D eigenvalue weighted by atomic mass is 10.2. The molecule has 0 unspecified atom stereocenters. The molecule has 0 saturated carbocycles. The monoisotopic (exact) mass is 401 g/mol. The van der Waals surface area contributed by atoms with Crippen molar-refractivity contribution in [3.05, 3.63) is 59.7 Å². The number of carbonyl (C=O) groups excluding carboxylic acids is 1. The maximum Gasteiger partial charge on any atom is 0.255 e. The van der Waals surface area contributed by atoms with E-state index in [1.54, 1.807) is 23.1 Å². The minimum atomic E-state index is -3.76. The minimum absolute atomic E-state index is 0.0139. The Labute approximate surface area is 163 Å². The summed E-state index contributed by atoms with van der Waals surface area (Å²) >= 11 is 1.51. The summed E-state index contributed by atoms with van der Waals surface area (Å²) in [6.45, 7) is 1.04. The summed E-state index contributed by atoms with van der Waals surface area (Å²) in [4.78, 5) is 15.4. The van der Waals surface area contributed by atoms with Crippen LogP contribution < -0.4 is 0 Å². The number of thioether (sulfide) groups is 1. The number of sulfonamides is 1. The second kappa shape index (κ2) is 8.13. The van der Waals surface area contributed by atoms with Gasteiger partial charge in [-0.1, -0.05) is 24.3 Å². The fraction of sp³-hybridized carbons (Fsp3) is 0.263. The van der Waals surface area contributed by atoms with Crippen molar-refractivity contribution in [1.29, 1.82) is 5.26 Å². The predicted molar refractivity (Wildman–Crippen MR) is 104 cm³/mol. The molecule has 1 saturated heterocycles. The molecule has 8 heteroatoms. The Bertz CT molecular complexity index is 991. The topological polar surface area (TPSA) is 81.5 Å². The van der Waals surface area contributed by atoms with Crippen LogP contribution in [-0.2, 0) is 10.0 Å². The number of nitrogens with zero attached hydrogens (tertiary/aromatic N) is 3. The normalized spacial score (nSPS) is 15.3. The van der Waals surface area contributed by atoms with E-state index < -0.39 is 10.0 Å². The summed E-state index contributed by atoms with van der Waals surface area (Å²) in [7, 11) is -3.76. The highest BCUT2D eigenvalue weighted by atomic mass is 32.2. The van der Waals surface area contributed by atoms with E-state index in [9.17, 15) is 18.5 Å². The van der Waals surface area contributed by atoms with Crippen molar-refractivity contribution in [2.45, 2.75) is 9.79 Å². The van der Waals surface area contributed by atoms with Crippen LogP contribution >= 0.6 is 11.8 Å². The number of rotatable bonds is 4. The average molecular weight is 402 g/mol. The molecule has 0 aliphatic carbocycles. The molecule has 1 amide bonds. The first-order valence-electron chi connectivity index (χ1n) is 8.40. The first kappa shape index (κ1) is 19.4. The van der Waals surface area contributed by atoms with Gasteiger partial charge >= 0.3 is 0 Å². The van der Waals surface area contributed by atoms with Gasteiger partial charge in [-0.25, -0.2) is 8.42 Å². The molecule has 0 spiro atoms. The molecule has 0 atom stereocenters. The second-order valence-corrected chi connectivity index (χ2v) is 8.76. The summed E-state index contributed by atoms with van der Waals surface area (Å²) in [5, 5.41) is 9.18. The van der Waals surface area contributed by atoms with Crippen molar-refractivity contribution < 1.29 is 13.2 Å². The number of hydrogen-bond acceptors (Lipinski definition) is 5. The van der Waals surface area contributed by atoms with Gasteiger partial charge < -0.3 is 4.90 Å². The van der Waals surface area contributed by atoms with E-state index >= 15 is 0 Å². The van der Waals surface area contributed by atoms with E-state index in [1.165, 1.54) is 28.2 Å². The molecule has 1 aliphatic rings. The molecule has 2 aromatic rings. The largest absolute Gasteiger partial charge is 0.336 e. The van der Waals surface area contributed by atoms with E-state index in [0.717, 1.165) is 4.90 Å². The third-order valence-electron chi connectivity index (χ3n) is 4.49. The predicted octanol–water partition coefficient (Wildman–Crippen LogP) is 2.43. The van der Waals surface area contributed by atoms with Gasteiger partial charge in [0, 0.05) is 31.1 Å². The van der Waals surface area contributed by atoms with Gasteiger partial charge in [-0.15, -0.1) is 11.8 Å². The molecule has 3 rings (SSSR count). The number of piperazine rings is 1. The zero-order valence-corrected chi connectivity index (χ0v) is 16.5. The van der Waals surface area contributed by atoms with Crippen molar-refractivity contribution in [2.75, 3.05) is 32.4 Å². The Hall–Kier alpha value is -2.34. The van der Waals surface area contributed by atoms with Gasteiger partial charge in [-0.3, -0.25) is 4.79 Å². The summed E-state index contributed by atoms with van der Waals surface area (Å²) in [6, 6.07) is 15.5. The van der Waals surface area contributed by atoms with Gasteiger partial charge in [-0.05, 0) is 30.5 Å². The zero-order chi connectivity index (χ0) is 19.4. The standard InChI is InChI=1S/C19H19N3O3S2/c1-26-17-8-4-3-7-16(17)19(23)21-10-12-22(13-11-21)27(24,25)18-9-5-2-6-15(18)14-20/h2-9H,10-13H2,1H3. The van der Waals surface area contributed by atoms with Gasteiger partial charge in [-0.2, -0.15) is 9.57 Å². The van der Waals surface area contributed by atoms with Crippen LogP contribution in [-0.4, -0.2) is 56.0 Å². The Morgan fingerprint density at radius 2 is 1.67 bits per heavy atom. The molecule has 1 fully saturated rings. The van der Waals surface area contributed by atoms with E-state index in [1.807, 2.05) is 30.5 Å². The third kappa shape index (κ3) is 3.86. The number of hydrogen-bond donors (Lipinski definition) is 0. The lowest BCUT2D eigenvalue weighted by Gasteiger charge is -2.34. The summed E-state index contributed by atoms with van der Waals surface area (Å²) in [5.41, 5.74) is 0.765. The van der Waals surface area contributed by atoms with Crippen molar-refractivity contribution in [2.24, 2.45) is 0 Å². The second-order valence-electron chi connectivity index (χ2n) is 6.00. The van der Waals surface area contributed by atoms with Crippen LogP contribution in [0.25, 0.3) is 0 Å². The molecule has 0 N–H and O–H groups in total. The minimum Gasteiger partial charge on any atom is -0.336 e. The van der Waals surface area contributed by atoms with Crippen LogP contribution in [0.15, 0.2) is 58.3 Å². The maximum atomic E-state index is 12.9. The smallest absolute Gasteiger partial charge is 0.255 e. The van der Waals surface area contributed by atoms with Crippen molar-refractivity contribution in [3.8, 4) is 6.07 Å². The lowest BCUT2D eigenvalue weighted by molar-refractivity contribution is 0.0694. The maximum absolute atomic E-state index is 12.9. The molecule has 0 bridgehead atoms. The SMILES string of the molecule is CSc1ccccc1C(=O)N1CCN(S(=O)(=O)c2ccccc2C#N)CC1. The average Bonchev–Trinajstić information content (AvgIpc) is 2.73. The first-order valence-corrected chi connectivity index (χ1v) is 11.1. The lowest BCUT2D eigenvalue weighted by Crippen LogP contribution is -2.50. The molecule has 2 aromatic carbocycles. The van der Waals surface area contributed by atoms with Gasteiger partial charge in [0.2, 0.25) is 10.0 Å². The van der Waals surface area contributed by atoms with Gasteiger partial charge in [0.1, 0.15) is 6.07 Å². The molecule has 6 nitrogen and oxygen atoms in total. The van der Waals surface area contributed by atoms with Crippen molar-refractivity contribution >= 4 is 27.7 Å². The van der Waals surface area contributed by atoms with Crippen LogP contribution in [0.4, 0.5) is 0 Å². The highest BCUT2D eigenvalue weighted by Crippen LogP contribution is 2.24. The fourth-order valence-electron chi connectivity index (χ4n) is 3.05. The summed E-state index contributed by atoms with van der Waals surface area (Å²) < 4.78 is 27.1. The zero-order valence-electron chi connectivity index (χ0n) is 14.8. The Kier molecular flexibility index (Phi) is 5.85.